The van der Waals surface area contributed by atoms with Crippen molar-refractivity contribution in [2.75, 3.05) is 38.3 Å². The van der Waals surface area contributed by atoms with E-state index in [1.807, 2.05) is 6.07 Å². The average molecular weight is 331 g/mol. The highest BCUT2D eigenvalue weighted by Gasteiger charge is 2.45. The Morgan fingerprint density at radius 1 is 1.46 bits per heavy atom. The van der Waals surface area contributed by atoms with Crippen molar-refractivity contribution in [1.82, 2.24) is 4.98 Å². The molecule has 2 aliphatic heterocycles. The SMILES string of the molecule is COc1nccc(N2CC[C@@](O)(C3CCOCC3)[C@H](C)C2)c1C#N. The van der Waals surface area contributed by atoms with Crippen LogP contribution in [0.4, 0.5) is 5.69 Å². The summed E-state index contributed by atoms with van der Waals surface area (Å²) in [7, 11) is 1.52. The van der Waals surface area contributed by atoms with Gasteiger partial charge >= 0.3 is 0 Å². The van der Waals surface area contributed by atoms with Crippen LogP contribution in [0.5, 0.6) is 5.88 Å². The Hall–Kier alpha value is -1.84. The van der Waals surface area contributed by atoms with Crippen LogP contribution in [-0.2, 0) is 4.74 Å². The van der Waals surface area contributed by atoms with E-state index in [2.05, 4.69) is 22.9 Å². The maximum atomic E-state index is 11.3. The van der Waals surface area contributed by atoms with Crippen molar-refractivity contribution in [3.8, 4) is 11.9 Å². The normalized spacial score (nSPS) is 28.4. The van der Waals surface area contributed by atoms with E-state index in [0.717, 1.165) is 44.8 Å². The fraction of sp³-hybridized carbons (Fsp3) is 0.667. The van der Waals surface area contributed by atoms with E-state index >= 15 is 0 Å². The number of piperidine rings is 1. The summed E-state index contributed by atoms with van der Waals surface area (Å²) in [5, 5.41) is 20.7. The number of aromatic nitrogens is 1. The van der Waals surface area contributed by atoms with Gasteiger partial charge in [-0.05, 0) is 31.2 Å². The van der Waals surface area contributed by atoms with E-state index in [9.17, 15) is 10.4 Å². The summed E-state index contributed by atoms with van der Waals surface area (Å²) in [6, 6.07) is 4.06. The third kappa shape index (κ3) is 2.94. The molecular formula is C18H25N3O3. The lowest BCUT2D eigenvalue weighted by Gasteiger charge is -2.49. The molecule has 2 saturated heterocycles. The predicted molar refractivity (Wildman–Crippen MR) is 90.0 cm³/mol. The number of aliphatic hydroxyl groups is 1. The molecule has 1 aromatic heterocycles. The monoisotopic (exact) mass is 331 g/mol. The molecule has 0 aliphatic carbocycles. The first kappa shape index (κ1) is 17.0. The van der Waals surface area contributed by atoms with Crippen molar-refractivity contribution in [2.24, 2.45) is 11.8 Å². The van der Waals surface area contributed by atoms with Gasteiger partial charge in [-0.3, -0.25) is 0 Å². The molecule has 0 saturated carbocycles. The summed E-state index contributed by atoms with van der Waals surface area (Å²) in [4.78, 5) is 6.28. The summed E-state index contributed by atoms with van der Waals surface area (Å²) in [6.07, 6.45) is 4.22. The second kappa shape index (κ2) is 6.96. The number of methoxy groups -OCH3 is 1. The molecule has 130 valence electrons. The zero-order valence-electron chi connectivity index (χ0n) is 14.4. The number of ether oxygens (including phenoxy) is 2. The first-order chi connectivity index (χ1) is 11.6. The summed E-state index contributed by atoms with van der Waals surface area (Å²) < 4.78 is 10.6. The number of anilines is 1. The number of nitrogens with zero attached hydrogens (tertiary/aromatic N) is 3. The van der Waals surface area contributed by atoms with Gasteiger partial charge in [0.15, 0.2) is 0 Å². The topological polar surface area (TPSA) is 78.6 Å². The van der Waals surface area contributed by atoms with Crippen LogP contribution < -0.4 is 9.64 Å². The highest BCUT2D eigenvalue weighted by Crippen LogP contribution is 2.41. The quantitative estimate of drug-likeness (QED) is 0.912. The van der Waals surface area contributed by atoms with Gasteiger partial charge in [0.05, 0.1) is 18.4 Å². The zero-order chi connectivity index (χ0) is 17.2. The molecule has 6 heteroatoms. The first-order valence-corrected chi connectivity index (χ1v) is 8.58. The van der Waals surface area contributed by atoms with E-state index in [1.54, 1.807) is 6.20 Å². The van der Waals surface area contributed by atoms with Crippen LogP contribution in [0.15, 0.2) is 12.3 Å². The van der Waals surface area contributed by atoms with Gasteiger partial charge in [0, 0.05) is 38.4 Å². The molecule has 0 amide bonds. The van der Waals surface area contributed by atoms with Gasteiger partial charge in [0.2, 0.25) is 5.88 Å². The fourth-order valence-corrected chi connectivity index (χ4v) is 4.12. The minimum Gasteiger partial charge on any atom is -0.480 e. The highest BCUT2D eigenvalue weighted by atomic mass is 16.5. The van der Waals surface area contributed by atoms with Crippen molar-refractivity contribution >= 4 is 5.69 Å². The van der Waals surface area contributed by atoms with E-state index in [0.29, 0.717) is 23.8 Å². The maximum absolute atomic E-state index is 11.3. The summed E-state index contributed by atoms with van der Waals surface area (Å²) in [5.41, 5.74) is 0.651. The van der Waals surface area contributed by atoms with Crippen molar-refractivity contribution in [2.45, 2.75) is 31.8 Å². The Kier molecular flexibility index (Phi) is 4.93. The van der Waals surface area contributed by atoms with Crippen LogP contribution in [-0.4, -0.2) is 49.1 Å². The van der Waals surface area contributed by atoms with Crippen molar-refractivity contribution < 1.29 is 14.6 Å². The largest absolute Gasteiger partial charge is 0.480 e. The Bertz CT molecular complexity index is 624. The molecule has 3 rings (SSSR count). The van der Waals surface area contributed by atoms with E-state index in [-0.39, 0.29) is 5.92 Å². The average Bonchev–Trinajstić information content (AvgIpc) is 2.64. The van der Waals surface area contributed by atoms with Gasteiger partial charge in [-0.25, -0.2) is 4.98 Å². The molecular weight excluding hydrogens is 306 g/mol. The van der Waals surface area contributed by atoms with Crippen LogP contribution in [0.3, 0.4) is 0 Å². The maximum Gasteiger partial charge on any atom is 0.233 e. The number of nitriles is 1. The van der Waals surface area contributed by atoms with E-state index in [4.69, 9.17) is 9.47 Å². The second-order valence-electron chi connectivity index (χ2n) is 6.80. The molecule has 0 unspecified atom stereocenters. The van der Waals surface area contributed by atoms with Crippen LogP contribution in [0.25, 0.3) is 0 Å². The summed E-state index contributed by atoms with van der Waals surface area (Å²) >= 11 is 0. The van der Waals surface area contributed by atoms with Crippen LogP contribution >= 0.6 is 0 Å². The molecule has 0 spiro atoms. The Labute approximate surface area is 143 Å². The molecule has 3 heterocycles. The Morgan fingerprint density at radius 2 is 2.21 bits per heavy atom. The van der Waals surface area contributed by atoms with Gasteiger partial charge in [0.25, 0.3) is 0 Å². The molecule has 2 aliphatic rings. The third-order valence-electron chi connectivity index (χ3n) is 5.60. The van der Waals surface area contributed by atoms with E-state index < -0.39 is 5.60 Å². The minimum absolute atomic E-state index is 0.125. The second-order valence-corrected chi connectivity index (χ2v) is 6.80. The molecule has 0 aromatic carbocycles. The van der Waals surface area contributed by atoms with Crippen molar-refractivity contribution in [3.05, 3.63) is 17.8 Å². The smallest absolute Gasteiger partial charge is 0.233 e. The Balaban J connectivity index is 1.80. The zero-order valence-corrected chi connectivity index (χ0v) is 14.4. The molecule has 6 nitrogen and oxygen atoms in total. The van der Waals surface area contributed by atoms with Gasteiger partial charge in [0.1, 0.15) is 11.6 Å². The lowest BCUT2D eigenvalue weighted by molar-refractivity contribution is -0.108. The van der Waals surface area contributed by atoms with Gasteiger partial charge in [-0.1, -0.05) is 6.92 Å². The molecule has 0 radical (unpaired) electrons. The number of rotatable bonds is 3. The molecule has 2 fully saturated rings. The minimum atomic E-state index is -0.649. The number of hydrogen-bond donors (Lipinski definition) is 1. The molecule has 24 heavy (non-hydrogen) atoms. The first-order valence-electron chi connectivity index (χ1n) is 8.58. The third-order valence-corrected chi connectivity index (χ3v) is 5.60. The van der Waals surface area contributed by atoms with Crippen LogP contribution in [0.1, 0.15) is 31.7 Å². The molecule has 0 bridgehead atoms. The molecule has 2 atom stereocenters. The lowest BCUT2D eigenvalue weighted by atomic mass is 9.70. The van der Waals surface area contributed by atoms with Crippen molar-refractivity contribution in [3.63, 3.8) is 0 Å². The highest BCUT2D eigenvalue weighted by molar-refractivity contribution is 5.63. The van der Waals surface area contributed by atoms with Crippen LogP contribution in [0, 0.1) is 23.2 Å². The van der Waals surface area contributed by atoms with Gasteiger partial charge in [-0.2, -0.15) is 5.26 Å². The number of hydrogen-bond acceptors (Lipinski definition) is 6. The molecule has 1 N–H and O–H groups in total. The standard InChI is InChI=1S/C18H25N3O3/c1-13-12-21(16-3-7-20-17(23-2)15(16)11-19)8-6-18(13,22)14-4-9-24-10-5-14/h3,7,13-14,22H,4-6,8-10,12H2,1-2H3/t13-,18+/m1/s1. The van der Waals surface area contributed by atoms with E-state index in [1.165, 1.54) is 7.11 Å². The summed E-state index contributed by atoms with van der Waals surface area (Å²) in [5.74, 6) is 0.777. The molecule has 1 aromatic rings. The van der Waals surface area contributed by atoms with Gasteiger partial charge < -0.3 is 19.5 Å². The number of pyridine rings is 1. The predicted octanol–water partition coefficient (Wildman–Crippen LogP) is 1.97. The summed E-state index contributed by atoms with van der Waals surface area (Å²) in [6.45, 7) is 5.02. The van der Waals surface area contributed by atoms with Crippen molar-refractivity contribution in [1.29, 1.82) is 5.26 Å². The van der Waals surface area contributed by atoms with Crippen LogP contribution in [0.2, 0.25) is 0 Å². The van der Waals surface area contributed by atoms with Gasteiger partial charge in [-0.15, -0.1) is 0 Å². The Morgan fingerprint density at radius 3 is 2.83 bits per heavy atom. The fourth-order valence-electron chi connectivity index (χ4n) is 4.12. The lowest BCUT2D eigenvalue weighted by Crippen LogP contribution is -2.56.